The molecule has 1 aromatic rings. The molecule has 1 saturated heterocycles. The van der Waals surface area contributed by atoms with E-state index in [2.05, 4.69) is 37.5 Å². The maximum atomic E-state index is 3.83. The summed E-state index contributed by atoms with van der Waals surface area (Å²) in [6.07, 6.45) is 5.36. The normalized spacial score (nSPS) is 27.0. The van der Waals surface area contributed by atoms with Crippen molar-refractivity contribution in [3.63, 3.8) is 0 Å². The molecule has 1 nitrogen and oxygen atoms in total. The summed E-state index contributed by atoms with van der Waals surface area (Å²) >= 11 is 1.88. The van der Waals surface area contributed by atoms with Crippen LogP contribution in [0.25, 0.3) is 0 Å². The molecule has 0 amide bonds. The molecule has 16 heavy (non-hydrogen) atoms. The van der Waals surface area contributed by atoms with Crippen molar-refractivity contribution < 1.29 is 0 Å². The van der Waals surface area contributed by atoms with Crippen LogP contribution in [0.15, 0.2) is 11.4 Å². The van der Waals surface area contributed by atoms with Gasteiger partial charge in [0.05, 0.1) is 0 Å². The predicted molar refractivity (Wildman–Crippen MR) is 72.0 cm³/mol. The van der Waals surface area contributed by atoms with Gasteiger partial charge >= 0.3 is 0 Å². The van der Waals surface area contributed by atoms with E-state index in [-0.39, 0.29) is 5.54 Å². The highest BCUT2D eigenvalue weighted by molar-refractivity contribution is 7.10. The Kier molecular flexibility index (Phi) is 3.70. The van der Waals surface area contributed by atoms with Crippen LogP contribution >= 0.6 is 11.3 Å². The molecule has 1 N–H and O–H groups in total. The largest absolute Gasteiger partial charge is 0.307 e. The fraction of sp³-hybridized carbons (Fsp3) is 0.714. The van der Waals surface area contributed by atoms with Crippen molar-refractivity contribution in [2.24, 2.45) is 5.92 Å². The van der Waals surface area contributed by atoms with Crippen LogP contribution in [0, 0.1) is 12.8 Å². The summed E-state index contributed by atoms with van der Waals surface area (Å²) in [6.45, 7) is 8.09. The fourth-order valence-electron chi connectivity index (χ4n) is 2.86. The third-order valence-corrected chi connectivity index (χ3v) is 4.78. The van der Waals surface area contributed by atoms with Gasteiger partial charge in [-0.15, -0.1) is 11.3 Å². The third kappa shape index (κ3) is 2.18. The molecule has 2 rings (SSSR count). The molecule has 1 unspecified atom stereocenters. The van der Waals surface area contributed by atoms with Crippen LogP contribution in [0.3, 0.4) is 0 Å². The lowest BCUT2D eigenvalue weighted by Crippen LogP contribution is -2.46. The molecule has 1 aliphatic heterocycles. The number of hydrogen-bond acceptors (Lipinski definition) is 2. The van der Waals surface area contributed by atoms with E-state index in [1.54, 1.807) is 0 Å². The second-order valence-electron chi connectivity index (χ2n) is 5.31. The highest BCUT2D eigenvalue weighted by atomic mass is 32.1. The summed E-state index contributed by atoms with van der Waals surface area (Å²) < 4.78 is 0. The van der Waals surface area contributed by atoms with Gasteiger partial charge in [0.15, 0.2) is 0 Å². The molecule has 0 aliphatic carbocycles. The molecular formula is C14H23NS. The van der Waals surface area contributed by atoms with Crippen molar-refractivity contribution in [1.82, 2.24) is 5.32 Å². The molecule has 2 heteroatoms. The Balaban J connectivity index is 2.33. The second kappa shape index (κ2) is 4.89. The van der Waals surface area contributed by atoms with E-state index in [0.717, 1.165) is 0 Å². The van der Waals surface area contributed by atoms with Crippen molar-refractivity contribution >= 4 is 11.3 Å². The van der Waals surface area contributed by atoms with Gasteiger partial charge in [0, 0.05) is 10.4 Å². The van der Waals surface area contributed by atoms with Gasteiger partial charge in [-0.3, -0.25) is 0 Å². The van der Waals surface area contributed by atoms with Crippen LogP contribution < -0.4 is 5.32 Å². The van der Waals surface area contributed by atoms with Crippen LogP contribution in [0.2, 0.25) is 0 Å². The van der Waals surface area contributed by atoms with Crippen LogP contribution in [0.1, 0.15) is 50.0 Å². The van der Waals surface area contributed by atoms with E-state index < -0.39 is 0 Å². The van der Waals surface area contributed by atoms with Crippen LogP contribution in [0.4, 0.5) is 0 Å². The summed E-state index contributed by atoms with van der Waals surface area (Å²) in [5, 5.41) is 6.19. The van der Waals surface area contributed by atoms with Gasteiger partial charge in [-0.2, -0.15) is 0 Å². The molecule has 90 valence electrons. The first-order valence-corrected chi connectivity index (χ1v) is 7.34. The molecule has 0 aromatic carbocycles. The summed E-state index contributed by atoms with van der Waals surface area (Å²) in [7, 11) is 0. The van der Waals surface area contributed by atoms with E-state index in [4.69, 9.17) is 0 Å². The Hall–Kier alpha value is -0.340. The molecule has 1 aliphatic rings. The first kappa shape index (κ1) is 12.1. The number of nitrogens with one attached hydrogen (secondary N) is 1. The Morgan fingerprint density at radius 2 is 2.12 bits per heavy atom. The molecule has 0 saturated carbocycles. The van der Waals surface area contributed by atoms with Gasteiger partial charge in [0.2, 0.25) is 0 Å². The molecule has 1 aromatic heterocycles. The first-order chi connectivity index (χ1) is 7.65. The van der Waals surface area contributed by atoms with Crippen LogP contribution in [-0.2, 0) is 5.54 Å². The maximum absolute atomic E-state index is 3.83. The molecule has 1 atom stereocenters. The predicted octanol–water partition coefficient (Wildman–Crippen LogP) is 4.07. The van der Waals surface area contributed by atoms with Crippen LogP contribution in [-0.4, -0.2) is 6.54 Å². The zero-order chi connectivity index (χ0) is 11.6. The first-order valence-electron chi connectivity index (χ1n) is 6.46. The molecular weight excluding hydrogens is 214 g/mol. The quantitative estimate of drug-likeness (QED) is 0.817. The fourth-order valence-corrected chi connectivity index (χ4v) is 3.64. The number of rotatable bonds is 2. The molecule has 0 bridgehead atoms. The number of aryl methyl sites for hydroxylation is 1. The van der Waals surface area contributed by atoms with E-state index in [1.165, 1.54) is 42.7 Å². The van der Waals surface area contributed by atoms with Crippen molar-refractivity contribution in [1.29, 1.82) is 0 Å². The van der Waals surface area contributed by atoms with Crippen molar-refractivity contribution in [3.05, 3.63) is 21.9 Å². The Labute approximate surface area is 103 Å². The second-order valence-corrected chi connectivity index (χ2v) is 6.42. The zero-order valence-electron chi connectivity index (χ0n) is 10.7. The van der Waals surface area contributed by atoms with Crippen LogP contribution in [0.5, 0.6) is 0 Å². The Bertz CT molecular complexity index is 332. The molecule has 1 fully saturated rings. The minimum absolute atomic E-state index is 0.237. The highest BCUT2D eigenvalue weighted by Crippen LogP contribution is 2.38. The van der Waals surface area contributed by atoms with Gasteiger partial charge in [0.25, 0.3) is 0 Å². The number of hydrogen-bond donors (Lipinski definition) is 1. The summed E-state index contributed by atoms with van der Waals surface area (Å²) in [4.78, 5) is 1.43. The molecule has 0 spiro atoms. The van der Waals surface area contributed by atoms with Gasteiger partial charge in [0.1, 0.15) is 0 Å². The van der Waals surface area contributed by atoms with Gasteiger partial charge in [-0.25, -0.2) is 0 Å². The lowest BCUT2D eigenvalue weighted by atomic mass is 9.77. The maximum Gasteiger partial charge on any atom is 0.0466 e. The van der Waals surface area contributed by atoms with E-state index in [9.17, 15) is 0 Å². The summed E-state index contributed by atoms with van der Waals surface area (Å²) in [6, 6.07) is 2.38. The number of thiophene rings is 1. The van der Waals surface area contributed by atoms with Crippen molar-refractivity contribution in [2.75, 3.05) is 6.54 Å². The summed E-state index contributed by atoms with van der Waals surface area (Å²) in [5.41, 5.74) is 1.76. The monoisotopic (exact) mass is 237 g/mol. The van der Waals surface area contributed by atoms with Crippen molar-refractivity contribution in [3.8, 4) is 0 Å². The highest BCUT2D eigenvalue weighted by Gasteiger charge is 2.36. The lowest BCUT2D eigenvalue weighted by Gasteiger charge is -2.37. The third-order valence-electron chi connectivity index (χ3n) is 3.92. The SMILES string of the molecule is Cc1cc(C2(C(C)C)CCCCCN2)cs1. The molecule has 0 radical (unpaired) electrons. The van der Waals surface area contributed by atoms with E-state index in [0.29, 0.717) is 5.92 Å². The lowest BCUT2D eigenvalue weighted by molar-refractivity contribution is 0.231. The van der Waals surface area contributed by atoms with Gasteiger partial charge < -0.3 is 5.32 Å². The Morgan fingerprint density at radius 1 is 1.31 bits per heavy atom. The standard InChI is InChI=1S/C14H23NS/c1-11(2)14(7-5-4-6-8-15-14)13-9-12(3)16-10-13/h9-11,15H,4-8H2,1-3H3. The topological polar surface area (TPSA) is 12.0 Å². The van der Waals surface area contributed by atoms with Crippen molar-refractivity contribution in [2.45, 2.75) is 52.0 Å². The smallest absolute Gasteiger partial charge is 0.0466 e. The van der Waals surface area contributed by atoms with Gasteiger partial charge in [-0.05, 0) is 49.2 Å². The zero-order valence-corrected chi connectivity index (χ0v) is 11.5. The minimum atomic E-state index is 0.237. The minimum Gasteiger partial charge on any atom is -0.307 e. The Morgan fingerprint density at radius 3 is 2.75 bits per heavy atom. The summed E-state index contributed by atoms with van der Waals surface area (Å²) in [5.74, 6) is 0.666. The van der Waals surface area contributed by atoms with E-state index in [1.807, 2.05) is 11.3 Å². The molecule has 2 heterocycles. The average Bonchev–Trinajstić information content (AvgIpc) is 2.55. The van der Waals surface area contributed by atoms with E-state index >= 15 is 0 Å². The average molecular weight is 237 g/mol. The van der Waals surface area contributed by atoms with Gasteiger partial charge in [-0.1, -0.05) is 26.7 Å².